The van der Waals surface area contributed by atoms with E-state index < -0.39 is 0 Å². The highest BCUT2D eigenvalue weighted by Crippen LogP contribution is 2.21. The van der Waals surface area contributed by atoms with E-state index in [9.17, 15) is 5.11 Å². The summed E-state index contributed by atoms with van der Waals surface area (Å²) in [4.78, 5) is 0. The Bertz CT molecular complexity index is 471. The summed E-state index contributed by atoms with van der Waals surface area (Å²) >= 11 is 0. The Morgan fingerprint density at radius 2 is 1.29 bits per heavy atom. The van der Waals surface area contributed by atoms with Crippen LogP contribution in [0.2, 0.25) is 0 Å². The molecule has 2 rings (SSSR count). The van der Waals surface area contributed by atoms with Crippen LogP contribution in [0.3, 0.4) is 0 Å². The number of hydrogen-bond donors (Lipinski definition) is 2. The third-order valence-electron chi connectivity index (χ3n) is 2.73. The predicted molar refractivity (Wildman–Crippen MR) is 71.9 cm³/mol. The minimum absolute atomic E-state index is 0.283. The topological polar surface area (TPSA) is 32.3 Å². The minimum Gasteiger partial charge on any atom is -0.508 e. The van der Waals surface area contributed by atoms with Crippen molar-refractivity contribution in [3.05, 3.63) is 54.1 Å². The predicted octanol–water partition coefficient (Wildman–Crippen LogP) is 4.26. The Hall–Kier alpha value is -1.96. The quantitative estimate of drug-likeness (QED) is 0.768. The Kier molecular flexibility index (Phi) is 3.33. The van der Waals surface area contributed by atoms with Crippen molar-refractivity contribution in [3.63, 3.8) is 0 Å². The average molecular weight is 227 g/mol. The number of anilines is 2. The lowest BCUT2D eigenvalue weighted by Crippen LogP contribution is -1.91. The van der Waals surface area contributed by atoms with E-state index >= 15 is 0 Å². The van der Waals surface area contributed by atoms with E-state index in [1.165, 1.54) is 5.56 Å². The molecule has 2 heteroatoms. The molecule has 0 saturated carbocycles. The fraction of sp³-hybridized carbons (Fsp3) is 0.200. The van der Waals surface area contributed by atoms with Crippen molar-refractivity contribution < 1.29 is 5.11 Å². The molecule has 0 heterocycles. The molecule has 0 atom stereocenters. The smallest absolute Gasteiger partial charge is 0.115 e. The largest absolute Gasteiger partial charge is 0.508 e. The van der Waals surface area contributed by atoms with E-state index in [0.717, 1.165) is 11.4 Å². The number of hydrogen-bond acceptors (Lipinski definition) is 2. The van der Waals surface area contributed by atoms with E-state index in [0.29, 0.717) is 5.92 Å². The molecule has 2 nitrogen and oxygen atoms in total. The summed E-state index contributed by atoms with van der Waals surface area (Å²) in [5, 5.41) is 12.5. The van der Waals surface area contributed by atoms with Crippen molar-refractivity contribution >= 4 is 11.4 Å². The van der Waals surface area contributed by atoms with Crippen LogP contribution in [0.25, 0.3) is 0 Å². The van der Waals surface area contributed by atoms with Gasteiger partial charge in [-0.3, -0.25) is 0 Å². The lowest BCUT2D eigenvalue weighted by Gasteiger charge is -2.09. The van der Waals surface area contributed by atoms with Crippen LogP contribution in [0, 0.1) is 0 Å². The zero-order chi connectivity index (χ0) is 12.3. The van der Waals surface area contributed by atoms with Gasteiger partial charge in [0.05, 0.1) is 0 Å². The number of benzene rings is 2. The van der Waals surface area contributed by atoms with Crippen LogP contribution in [0.15, 0.2) is 48.5 Å². The molecule has 0 spiro atoms. The number of phenolic OH excluding ortho intramolecular Hbond substituents is 1. The Labute approximate surface area is 102 Å². The van der Waals surface area contributed by atoms with Crippen LogP contribution >= 0.6 is 0 Å². The van der Waals surface area contributed by atoms with Crippen molar-refractivity contribution in [3.8, 4) is 5.75 Å². The van der Waals surface area contributed by atoms with Crippen LogP contribution in [-0.4, -0.2) is 5.11 Å². The van der Waals surface area contributed by atoms with Gasteiger partial charge in [-0.15, -0.1) is 0 Å². The summed E-state index contributed by atoms with van der Waals surface area (Å²) in [7, 11) is 0. The minimum atomic E-state index is 0.283. The van der Waals surface area contributed by atoms with Crippen LogP contribution in [0.1, 0.15) is 25.3 Å². The monoisotopic (exact) mass is 227 g/mol. The second-order valence-electron chi connectivity index (χ2n) is 4.45. The first kappa shape index (κ1) is 11.5. The SMILES string of the molecule is CC(C)c1ccc(Nc2ccc(O)cc2)cc1. The average Bonchev–Trinajstić information content (AvgIpc) is 2.33. The fourth-order valence-corrected chi connectivity index (χ4v) is 1.66. The number of phenols is 1. The second kappa shape index (κ2) is 4.91. The van der Waals surface area contributed by atoms with Gasteiger partial charge in [-0.2, -0.15) is 0 Å². The van der Waals surface area contributed by atoms with Crippen molar-refractivity contribution in [2.45, 2.75) is 19.8 Å². The highest BCUT2D eigenvalue weighted by Gasteiger charge is 1.99. The molecular weight excluding hydrogens is 210 g/mol. The van der Waals surface area contributed by atoms with Crippen molar-refractivity contribution in [2.75, 3.05) is 5.32 Å². The zero-order valence-electron chi connectivity index (χ0n) is 10.1. The molecule has 88 valence electrons. The first-order valence-electron chi connectivity index (χ1n) is 5.81. The standard InChI is InChI=1S/C15H17NO/c1-11(2)12-3-5-13(6-4-12)16-14-7-9-15(17)10-8-14/h3-11,16-17H,1-2H3. The fourth-order valence-electron chi connectivity index (χ4n) is 1.66. The molecule has 0 unspecified atom stereocenters. The summed E-state index contributed by atoms with van der Waals surface area (Å²) < 4.78 is 0. The maximum absolute atomic E-state index is 9.19. The van der Waals surface area contributed by atoms with Gasteiger partial charge in [-0.25, -0.2) is 0 Å². The van der Waals surface area contributed by atoms with E-state index in [1.807, 2.05) is 12.1 Å². The molecule has 0 amide bonds. The molecule has 0 bridgehead atoms. The molecule has 0 saturated heterocycles. The van der Waals surface area contributed by atoms with Crippen molar-refractivity contribution in [2.24, 2.45) is 0 Å². The number of aromatic hydroxyl groups is 1. The normalized spacial score (nSPS) is 10.5. The van der Waals surface area contributed by atoms with Gasteiger partial charge in [0.1, 0.15) is 5.75 Å². The maximum Gasteiger partial charge on any atom is 0.115 e. The third kappa shape index (κ3) is 3.00. The van der Waals surface area contributed by atoms with Gasteiger partial charge in [0, 0.05) is 11.4 Å². The summed E-state index contributed by atoms with van der Waals surface area (Å²) in [6.07, 6.45) is 0. The Morgan fingerprint density at radius 1 is 0.824 bits per heavy atom. The molecule has 0 fully saturated rings. The summed E-state index contributed by atoms with van der Waals surface area (Å²) in [5.41, 5.74) is 3.36. The second-order valence-corrected chi connectivity index (χ2v) is 4.45. The van der Waals surface area contributed by atoms with Crippen LogP contribution in [-0.2, 0) is 0 Å². The highest BCUT2D eigenvalue weighted by atomic mass is 16.3. The maximum atomic E-state index is 9.19. The lowest BCUT2D eigenvalue weighted by atomic mass is 10.0. The van der Waals surface area contributed by atoms with E-state index in [-0.39, 0.29) is 5.75 Å². The van der Waals surface area contributed by atoms with E-state index in [2.05, 4.69) is 43.4 Å². The zero-order valence-corrected chi connectivity index (χ0v) is 10.1. The molecule has 0 aliphatic rings. The molecular formula is C15H17NO. The molecule has 2 aromatic rings. The van der Waals surface area contributed by atoms with Crippen LogP contribution < -0.4 is 5.32 Å². The summed E-state index contributed by atoms with van der Waals surface area (Å²) in [6, 6.07) is 15.5. The lowest BCUT2D eigenvalue weighted by molar-refractivity contribution is 0.475. The molecule has 0 aromatic heterocycles. The Morgan fingerprint density at radius 3 is 1.76 bits per heavy atom. The molecule has 0 radical (unpaired) electrons. The molecule has 2 aromatic carbocycles. The van der Waals surface area contributed by atoms with Gasteiger partial charge in [-0.1, -0.05) is 26.0 Å². The molecule has 0 aliphatic carbocycles. The molecule has 2 N–H and O–H groups in total. The van der Waals surface area contributed by atoms with Crippen molar-refractivity contribution in [1.82, 2.24) is 0 Å². The Balaban J connectivity index is 2.11. The van der Waals surface area contributed by atoms with Gasteiger partial charge in [0.15, 0.2) is 0 Å². The van der Waals surface area contributed by atoms with E-state index in [1.54, 1.807) is 12.1 Å². The van der Waals surface area contributed by atoms with Crippen LogP contribution in [0.5, 0.6) is 5.75 Å². The van der Waals surface area contributed by atoms with Crippen molar-refractivity contribution in [1.29, 1.82) is 0 Å². The summed E-state index contributed by atoms with van der Waals surface area (Å²) in [6.45, 7) is 4.37. The number of rotatable bonds is 3. The summed E-state index contributed by atoms with van der Waals surface area (Å²) in [5.74, 6) is 0.837. The first-order valence-corrected chi connectivity index (χ1v) is 5.81. The number of nitrogens with one attached hydrogen (secondary N) is 1. The van der Waals surface area contributed by atoms with Gasteiger partial charge < -0.3 is 10.4 Å². The highest BCUT2D eigenvalue weighted by molar-refractivity contribution is 5.60. The molecule has 0 aliphatic heterocycles. The van der Waals surface area contributed by atoms with E-state index in [4.69, 9.17) is 0 Å². The van der Waals surface area contributed by atoms with Gasteiger partial charge in [0.25, 0.3) is 0 Å². The molecule has 17 heavy (non-hydrogen) atoms. The van der Waals surface area contributed by atoms with Crippen LogP contribution in [0.4, 0.5) is 11.4 Å². The van der Waals surface area contributed by atoms with Gasteiger partial charge in [0.2, 0.25) is 0 Å². The first-order chi connectivity index (χ1) is 8.15. The van der Waals surface area contributed by atoms with Gasteiger partial charge >= 0.3 is 0 Å². The van der Waals surface area contributed by atoms with Gasteiger partial charge in [-0.05, 0) is 47.9 Å². The third-order valence-corrected chi connectivity index (χ3v) is 2.73.